The lowest BCUT2D eigenvalue weighted by Gasteiger charge is -2.33. The summed E-state index contributed by atoms with van der Waals surface area (Å²) >= 11 is 1.50. The molecule has 9 nitrogen and oxygen atoms in total. The van der Waals surface area contributed by atoms with E-state index in [9.17, 15) is 0 Å². The lowest BCUT2D eigenvalue weighted by molar-refractivity contribution is 0.108. The van der Waals surface area contributed by atoms with Crippen LogP contribution in [0, 0.1) is 0 Å². The summed E-state index contributed by atoms with van der Waals surface area (Å²) in [5.41, 5.74) is 1.85. The standard InChI is InChI=1S/C20H24N8OS/c1-27-7-9-28(10-8-27)14-11-22-18(23-12-14)26-20-24-13-17(30-20)16-5-6-21-19(25-16)29-15-3-2-4-15/h5-6,11-13,15H,2-4,7-10H2,1H3,(H,22,23,24,26). The highest BCUT2D eigenvalue weighted by Gasteiger charge is 2.20. The molecule has 0 amide bonds. The van der Waals surface area contributed by atoms with Gasteiger partial charge in [-0.15, -0.1) is 0 Å². The number of nitrogens with one attached hydrogen (secondary N) is 1. The normalized spacial score (nSPS) is 17.6. The minimum atomic E-state index is 0.255. The molecule has 0 radical (unpaired) electrons. The second-order valence-corrected chi connectivity index (χ2v) is 8.64. The molecule has 0 atom stereocenters. The molecule has 0 unspecified atom stereocenters. The number of hydrogen-bond acceptors (Lipinski definition) is 10. The Morgan fingerprint density at radius 2 is 1.83 bits per heavy atom. The second-order valence-electron chi connectivity index (χ2n) is 7.61. The van der Waals surface area contributed by atoms with Crippen LogP contribution in [-0.2, 0) is 0 Å². The molecular formula is C20H24N8OS. The zero-order chi connectivity index (χ0) is 20.3. The van der Waals surface area contributed by atoms with E-state index in [2.05, 4.69) is 47.1 Å². The quantitative estimate of drug-likeness (QED) is 0.641. The summed E-state index contributed by atoms with van der Waals surface area (Å²) in [6, 6.07) is 2.30. The van der Waals surface area contributed by atoms with Gasteiger partial charge in [0.25, 0.3) is 0 Å². The highest BCUT2D eigenvalue weighted by molar-refractivity contribution is 7.18. The lowest BCUT2D eigenvalue weighted by Crippen LogP contribution is -2.44. The number of thiazole rings is 1. The van der Waals surface area contributed by atoms with Crippen molar-refractivity contribution in [3.8, 4) is 16.6 Å². The van der Waals surface area contributed by atoms with Crippen molar-refractivity contribution in [3.05, 3.63) is 30.9 Å². The Kier molecular flexibility index (Phi) is 5.41. The smallest absolute Gasteiger partial charge is 0.317 e. The summed E-state index contributed by atoms with van der Waals surface area (Å²) in [5.74, 6) is 0.533. The third kappa shape index (κ3) is 4.34. The lowest BCUT2D eigenvalue weighted by atomic mass is 9.96. The van der Waals surface area contributed by atoms with Gasteiger partial charge >= 0.3 is 6.01 Å². The SMILES string of the molecule is CN1CCN(c2cnc(Nc3ncc(-c4ccnc(OC5CCC5)n4)s3)nc2)CC1. The molecule has 156 valence electrons. The fraction of sp³-hybridized carbons (Fsp3) is 0.450. The van der Waals surface area contributed by atoms with E-state index in [0.29, 0.717) is 12.0 Å². The molecular weight excluding hydrogens is 400 g/mol. The third-order valence-corrected chi connectivity index (χ3v) is 6.38. The van der Waals surface area contributed by atoms with E-state index in [1.54, 1.807) is 12.4 Å². The van der Waals surface area contributed by atoms with E-state index in [1.807, 2.05) is 18.5 Å². The van der Waals surface area contributed by atoms with Gasteiger partial charge in [-0.3, -0.25) is 0 Å². The highest BCUT2D eigenvalue weighted by atomic mass is 32.1. The molecule has 2 aliphatic rings. The number of piperazine rings is 1. The zero-order valence-corrected chi connectivity index (χ0v) is 17.7. The number of nitrogens with zero attached hydrogens (tertiary/aromatic N) is 7. The zero-order valence-electron chi connectivity index (χ0n) is 16.9. The summed E-state index contributed by atoms with van der Waals surface area (Å²) in [6.45, 7) is 4.10. The molecule has 0 spiro atoms. The maximum Gasteiger partial charge on any atom is 0.317 e. The Bertz CT molecular complexity index is 982. The number of anilines is 3. The predicted molar refractivity (Wildman–Crippen MR) is 116 cm³/mol. The number of ether oxygens (including phenoxy) is 1. The van der Waals surface area contributed by atoms with Crippen molar-refractivity contribution >= 4 is 28.1 Å². The first-order valence-corrected chi connectivity index (χ1v) is 11.0. The van der Waals surface area contributed by atoms with E-state index in [4.69, 9.17) is 4.74 Å². The summed E-state index contributed by atoms with van der Waals surface area (Å²) < 4.78 is 5.80. The average Bonchev–Trinajstić information content (AvgIpc) is 3.21. The van der Waals surface area contributed by atoms with E-state index >= 15 is 0 Å². The Hall–Kier alpha value is -2.85. The first-order chi connectivity index (χ1) is 14.7. The van der Waals surface area contributed by atoms with Gasteiger partial charge in [0, 0.05) is 38.6 Å². The van der Waals surface area contributed by atoms with Crippen LogP contribution < -0.4 is 15.0 Å². The van der Waals surface area contributed by atoms with Gasteiger partial charge in [-0.1, -0.05) is 11.3 Å². The third-order valence-electron chi connectivity index (χ3n) is 5.44. The molecule has 2 fully saturated rings. The van der Waals surface area contributed by atoms with Crippen LogP contribution in [0.25, 0.3) is 10.6 Å². The van der Waals surface area contributed by atoms with Crippen molar-refractivity contribution in [3.63, 3.8) is 0 Å². The van der Waals surface area contributed by atoms with Crippen molar-refractivity contribution in [2.45, 2.75) is 25.4 Å². The van der Waals surface area contributed by atoms with E-state index in [0.717, 1.165) is 60.4 Å². The van der Waals surface area contributed by atoms with Gasteiger partial charge in [0.1, 0.15) is 6.10 Å². The Balaban J connectivity index is 1.23. The fourth-order valence-corrected chi connectivity index (χ4v) is 4.11. The molecule has 1 aliphatic heterocycles. The Morgan fingerprint density at radius 3 is 2.57 bits per heavy atom. The number of likely N-dealkylation sites (N-methyl/N-ethyl adjacent to an activating group) is 1. The highest BCUT2D eigenvalue weighted by Crippen LogP contribution is 2.30. The molecule has 5 rings (SSSR count). The number of hydrogen-bond donors (Lipinski definition) is 1. The van der Waals surface area contributed by atoms with Crippen LogP contribution in [0.5, 0.6) is 6.01 Å². The first-order valence-electron chi connectivity index (χ1n) is 10.2. The van der Waals surface area contributed by atoms with Gasteiger partial charge in [0.05, 0.1) is 28.7 Å². The van der Waals surface area contributed by atoms with Gasteiger partial charge in [-0.2, -0.15) is 4.98 Å². The molecule has 4 heterocycles. The van der Waals surface area contributed by atoms with Gasteiger partial charge in [-0.05, 0) is 32.4 Å². The molecule has 3 aromatic heterocycles. The van der Waals surface area contributed by atoms with Crippen LogP contribution in [-0.4, -0.2) is 69.2 Å². The molecule has 0 aromatic carbocycles. The average molecular weight is 425 g/mol. The maximum absolute atomic E-state index is 5.80. The molecule has 1 saturated carbocycles. The minimum Gasteiger partial charge on any atom is -0.460 e. The second kappa shape index (κ2) is 8.49. The molecule has 10 heteroatoms. The van der Waals surface area contributed by atoms with Crippen molar-refractivity contribution in [2.24, 2.45) is 0 Å². The maximum atomic E-state index is 5.80. The van der Waals surface area contributed by atoms with Crippen molar-refractivity contribution < 1.29 is 4.74 Å². The van der Waals surface area contributed by atoms with Crippen molar-refractivity contribution in [1.29, 1.82) is 0 Å². The van der Waals surface area contributed by atoms with E-state index < -0.39 is 0 Å². The van der Waals surface area contributed by atoms with Gasteiger partial charge in [0.15, 0.2) is 5.13 Å². The van der Waals surface area contributed by atoms with Crippen molar-refractivity contribution in [1.82, 2.24) is 29.8 Å². The number of aromatic nitrogens is 5. The summed E-state index contributed by atoms with van der Waals surface area (Å²) in [5, 5.41) is 3.90. The van der Waals surface area contributed by atoms with Crippen LogP contribution in [0.4, 0.5) is 16.8 Å². The van der Waals surface area contributed by atoms with Crippen LogP contribution in [0.15, 0.2) is 30.9 Å². The van der Waals surface area contributed by atoms with Crippen LogP contribution in [0.3, 0.4) is 0 Å². The Morgan fingerprint density at radius 1 is 1.03 bits per heavy atom. The summed E-state index contributed by atoms with van der Waals surface area (Å²) in [6.07, 6.45) is 10.9. The van der Waals surface area contributed by atoms with E-state index in [-0.39, 0.29) is 6.10 Å². The molecule has 1 saturated heterocycles. The van der Waals surface area contributed by atoms with Gasteiger partial charge < -0.3 is 19.9 Å². The molecule has 30 heavy (non-hydrogen) atoms. The topological polar surface area (TPSA) is 92.2 Å². The minimum absolute atomic E-state index is 0.255. The monoisotopic (exact) mass is 424 g/mol. The van der Waals surface area contributed by atoms with Crippen molar-refractivity contribution in [2.75, 3.05) is 43.4 Å². The number of rotatable bonds is 6. The Labute approximate surface area is 179 Å². The largest absolute Gasteiger partial charge is 0.460 e. The van der Waals surface area contributed by atoms with E-state index in [1.165, 1.54) is 17.8 Å². The molecule has 1 aliphatic carbocycles. The molecule has 1 N–H and O–H groups in total. The fourth-order valence-electron chi connectivity index (χ4n) is 3.33. The van der Waals surface area contributed by atoms with Crippen LogP contribution in [0.1, 0.15) is 19.3 Å². The van der Waals surface area contributed by atoms with Gasteiger partial charge in [-0.25, -0.2) is 19.9 Å². The van der Waals surface area contributed by atoms with Crippen LogP contribution in [0.2, 0.25) is 0 Å². The summed E-state index contributed by atoms with van der Waals surface area (Å²) in [4.78, 5) is 27.7. The van der Waals surface area contributed by atoms with Crippen LogP contribution >= 0.6 is 11.3 Å². The van der Waals surface area contributed by atoms with Gasteiger partial charge in [0.2, 0.25) is 5.95 Å². The predicted octanol–water partition coefficient (Wildman–Crippen LogP) is 2.82. The first kappa shape index (κ1) is 19.1. The molecule has 0 bridgehead atoms. The molecule has 3 aromatic rings. The summed E-state index contributed by atoms with van der Waals surface area (Å²) in [7, 11) is 2.15.